The van der Waals surface area contributed by atoms with Crippen LogP contribution in [0.1, 0.15) is 18.4 Å². The SMILES string of the molecule is C#CCNC(=O)N1CCC[C@@H](CNS(=O)(=O)c2ccc(C)cc2)C1. The van der Waals surface area contributed by atoms with Gasteiger partial charge in [0.2, 0.25) is 10.0 Å². The standard InChI is InChI=1S/C17H23N3O3S/c1-3-10-18-17(21)20-11-4-5-15(13-20)12-19-24(22,23)16-8-6-14(2)7-9-16/h1,6-9,15,19H,4-5,10-13H2,2H3,(H,18,21)/t15-/m0/s1. The minimum absolute atomic E-state index is 0.0931. The monoisotopic (exact) mass is 349 g/mol. The molecule has 0 unspecified atom stereocenters. The molecular weight excluding hydrogens is 326 g/mol. The number of terminal acetylenes is 1. The number of carbonyl (C=O) groups excluding carboxylic acids is 1. The first-order valence-corrected chi connectivity index (χ1v) is 9.43. The average molecular weight is 349 g/mol. The number of amides is 2. The van der Waals surface area contributed by atoms with Crippen LogP contribution >= 0.6 is 0 Å². The van der Waals surface area contributed by atoms with Gasteiger partial charge in [-0.05, 0) is 37.8 Å². The van der Waals surface area contributed by atoms with Crippen molar-refractivity contribution in [3.05, 3.63) is 29.8 Å². The molecule has 0 saturated carbocycles. The van der Waals surface area contributed by atoms with E-state index in [-0.39, 0.29) is 23.4 Å². The van der Waals surface area contributed by atoms with Crippen molar-refractivity contribution in [3.8, 4) is 12.3 Å². The zero-order valence-corrected chi connectivity index (χ0v) is 14.6. The van der Waals surface area contributed by atoms with Gasteiger partial charge in [0.1, 0.15) is 0 Å². The highest BCUT2D eigenvalue weighted by Gasteiger charge is 2.25. The third-order valence-electron chi connectivity index (χ3n) is 4.04. The van der Waals surface area contributed by atoms with E-state index < -0.39 is 10.0 Å². The lowest BCUT2D eigenvalue weighted by Gasteiger charge is -2.32. The molecule has 1 saturated heterocycles. The number of carbonyl (C=O) groups is 1. The van der Waals surface area contributed by atoms with Crippen molar-refractivity contribution in [1.82, 2.24) is 14.9 Å². The lowest BCUT2D eigenvalue weighted by Crippen LogP contribution is -2.47. The molecule has 1 aliphatic rings. The Morgan fingerprint density at radius 2 is 2.08 bits per heavy atom. The third-order valence-corrected chi connectivity index (χ3v) is 5.48. The molecular formula is C17H23N3O3S. The predicted octanol–water partition coefficient (Wildman–Crippen LogP) is 1.33. The van der Waals surface area contributed by atoms with Crippen molar-refractivity contribution in [2.45, 2.75) is 24.7 Å². The van der Waals surface area contributed by atoms with Crippen molar-refractivity contribution >= 4 is 16.1 Å². The zero-order chi connectivity index (χ0) is 17.6. The number of hydrogen-bond donors (Lipinski definition) is 2. The first-order valence-electron chi connectivity index (χ1n) is 7.95. The number of aryl methyl sites for hydroxylation is 1. The zero-order valence-electron chi connectivity index (χ0n) is 13.8. The van der Waals surface area contributed by atoms with E-state index >= 15 is 0 Å². The number of piperidine rings is 1. The van der Waals surface area contributed by atoms with E-state index in [0.717, 1.165) is 18.4 Å². The number of benzene rings is 1. The molecule has 2 amide bonds. The second-order valence-corrected chi connectivity index (χ2v) is 7.75. The summed E-state index contributed by atoms with van der Waals surface area (Å²) in [6.45, 7) is 3.60. The van der Waals surface area contributed by atoms with Crippen LogP contribution < -0.4 is 10.0 Å². The fourth-order valence-corrected chi connectivity index (χ4v) is 3.80. The Morgan fingerprint density at radius 1 is 1.38 bits per heavy atom. The molecule has 7 heteroatoms. The van der Waals surface area contributed by atoms with Crippen LogP contribution in [0.2, 0.25) is 0 Å². The van der Waals surface area contributed by atoms with E-state index in [2.05, 4.69) is 16.0 Å². The van der Waals surface area contributed by atoms with Gasteiger partial charge in [0.25, 0.3) is 0 Å². The summed E-state index contributed by atoms with van der Waals surface area (Å²) >= 11 is 0. The van der Waals surface area contributed by atoms with Gasteiger partial charge >= 0.3 is 6.03 Å². The summed E-state index contributed by atoms with van der Waals surface area (Å²) < 4.78 is 27.3. The Labute approximate surface area is 143 Å². The number of hydrogen-bond acceptors (Lipinski definition) is 3. The fraction of sp³-hybridized carbons (Fsp3) is 0.471. The van der Waals surface area contributed by atoms with Gasteiger partial charge in [-0.25, -0.2) is 17.9 Å². The summed E-state index contributed by atoms with van der Waals surface area (Å²) in [6.07, 6.45) is 6.87. The Morgan fingerprint density at radius 3 is 2.75 bits per heavy atom. The Balaban J connectivity index is 1.90. The summed E-state index contributed by atoms with van der Waals surface area (Å²) in [5.41, 5.74) is 1.01. The van der Waals surface area contributed by atoms with E-state index in [1.54, 1.807) is 29.2 Å². The van der Waals surface area contributed by atoms with E-state index in [0.29, 0.717) is 19.6 Å². The lowest BCUT2D eigenvalue weighted by atomic mass is 9.99. The minimum atomic E-state index is -3.52. The molecule has 130 valence electrons. The maximum atomic E-state index is 12.3. The summed E-state index contributed by atoms with van der Waals surface area (Å²) in [4.78, 5) is 13.9. The molecule has 24 heavy (non-hydrogen) atoms. The van der Waals surface area contributed by atoms with Crippen molar-refractivity contribution in [1.29, 1.82) is 0 Å². The smallest absolute Gasteiger partial charge is 0.318 e. The molecule has 6 nitrogen and oxygen atoms in total. The third kappa shape index (κ3) is 4.98. The maximum Gasteiger partial charge on any atom is 0.318 e. The van der Waals surface area contributed by atoms with Crippen LogP contribution in [-0.4, -0.2) is 45.5 Å². The molecule has 1 atom stereocenters. The van der Waals surface area contributed by atoms with Gasteiger partial charge in [-0.3, -0.25) is 0 Å². The largest absolute Gasteiger partial charge is 0.327 e. The van der Waals surface area contributed by atoms with Gasteiger partial charge in [-0.1, -0.05) is 23.6 Å². The fourth-order valence-electron chi connectivity index (χ4n) is 2.68. The lowest BCUT2D eigenvalue weighted by molar-refractivity contribution is 0.167. The van der Waals surface area contributed by atoms with Crippen LogP contribution in [0.5, 0.6) is 0 Å². The molecule has 2 N–H and O–H groups in total. The number of rotatable bonds is 5. The first kappa shape index (κ1) is 18.3. The van der Waals surface area contributed by atoms with Crippen molar-refractivity contribution in [2.75, 3.05) is 26.2 Å². The molecule has 1 fully saturated rings. The van der Waals surface area contributed by atoms with Crippen LogP contribution in [0.15, 0.2) is 29.2 Å². The highest BCUT2D eigenvalue weighted by Crippen LogP contribution is 2.17. The second-order valence-electron chi connectivity index (χ2n) is 5.98. The number of sulfonamides is 1. The van der Waals surface area contributed by atoms with Crippen molar-refractivity contribution in [2.24, 2.45) is 5.92 Å². The van der Waals surface area contributed by atoms with Crippen LogP contribution in [0, 0.1) is 25.2 Å². The number of urea groups is 1. The second kappa shape index (κ2) is 8.18. The molecule has 1 aromatic carbocycles. The number of nitrogens with one attached hydrogen (secondary N) is 2. The van der Waals surface area contributed by atoms with Gasteiger partial charge < -0.3 is 10.2 Å². The highest BCUT2D eigenvalue weighted by atomic mass is 32.2. The van der Waals surface area contributed by atoms with E-state index in [4.69, 9.17) is 6.42 Å². The van der Waals surface area contributed by atoms with Gasteiger partial charge in [0.05, 0.1) is 11.4 Å². The van der Waals surface area contributed by atoms with Gasteiger partial charge in [-0.2, -0.15) is 0 Å². The van der Waals surface area contributed by atoms with Crippen molar-refractivity contribution in [3.63, 3.8) is 0 Å². The Bertz CT molecular complexity index is 708. The Kier molecular flexibility index (Phi) is 6.23. The molecule has 0 bridgehead atoms. The first-order chi connectivity index (χ1) is 11.4. The van der Waals surface area contributed by atoms with Gasteiger partial charge in [0.15, 0.2) is 0 Å². The number of likely N-dealkylation sites (tertiary alicyclic amines) is 1. The topological polar surface area (TPSA) is 78.5 Å². The van der Waals surface area contributed by atoms with Gasteiger partial charge in [-0.15, -0.1) is 6.42 Å². The quantitative estimate of drug-likeness (QED) is 0.787. The molecule has 0 spiro atoms. The molecule has 0 aliphatic carbocycles. The summed E-state index contributed by atoms with van der Waals surface area (Å²) in [5.74, 6) is 2.46. The molecule has 1 aliphatic heterocycles. The predicted molar refractivity (Wildman–Crippen MR) is 92.9 cm³/mol. The van der Waals surface area contributed by atoms with Gasteiger partial charge in [0, 0.05) is 19.6 Å². The Hall–Kier alpha value is -2.04. The van der Waals surface area contributed by atoms with Crippen LogP contribution in [0.3, 0.4) is 0 Å². The maximum absolute atomic E-state index is 12.3. The molecule has 1 heterocycles. The molecule has 0 radical (unpaired) electrons. The van der Waals surface area contributed by atoms with Crippen LogP contribution in [0.4, 0.5) is 4.79 Å². The van der Waals surface area contributed by atoms with Crippen LogP contribution in [-0.2, 0) is 10.0 Å². The average Bonchev–Trinajstić information content (AvgIpc) is 2.58. The van der Waals surface area contributed by atoms with Crippen molar-refractivity contribution < 1.29 is 13.2 Å². The summed E-state index contributed by atoms with van der Waals surface area (Å²) in [7, 11) is -3.52. The normalized spacial score (nSPS) is 18.0. The van der Waals surface area contributed by atoms with Crippen LogP contribution in [0.25, 0.3) is 0 Å². The van der Waals surface area contributed by atoms with E-state index in [9.17, 15) is 13.2 Å². The molecule has 2 rings (SSSR count). The highest BCUT2D eigenvalue weighted by molar-refractivity contribution is 7.89. The molecule has 1 aromatic rings. The van der Waals surface area contributed by atoms with E-state index in [1.165, 1.54) is 0 Å². The van der Waals surface area contributed by atoms with E-state index in [1.807, 2.05) is 6.92 Å². The number of nitrogens with zero attached hydrogens (tertiary/aromatic N) is 1. The minimum Gasteiger partial charge on any atom is -0.327 e. The summed E-state index contributed by atoms with van der Waals surface area (Å²) in [5, 5.41) is 2.64. The molecule has 0 aromatic heterocycles. The summed E-state index contributed by atoms with van der Waals surface area (Å²) in [6, 6.07) is 6.54.